The molecule has 3 rings (SSSR count). The Balaban J connectivity index is 2.19. The largest absolute Gasteiger partial charge is 0.497 e. The summed E-state index contributed by atoms with van der Waals surface area (Å²) in [6.07, 6.45) is 1.72. The highest BCUT2D eigenvalue weighted by atomic mass is 16.5. The van der Waals surface area contributed by atoms with Crippen molar-refractivity contribution in [2.45, 2.75) is 12.8 Å². The Hall–Kier alpha value is -3.74. The Labute approximate surface area is 181 Å². The highest BCUT2D eigenvalue weighted by Crippen LogP contribution is 2.40. The lowest BCUT2D eigenvalue weighted by Gasteiger charge is -2.35. The number of esters is 2. The maximum Gasteiger partial charge on any atom is 0.354 e. The van der Waals surface area contributed by atoms with Gasteiger partial charge in [0.2, 0.25) is 0 Å². The van der Waals surface area contributed by atoms with E-state index in [4.69, 9.17) is 18.9 Å². The fourth-order valence-corrected chi connectivity index (χ4v) is 3.63. The second-order valence-corrected chi connectivity index (χ2v) is 6.82. The highest BCUT2D eigenvalue weighted by molar-refractivity contribution is 6.00. The van der Waals surface area contributed by atoms with Crippen molar-refractivity contribution >= 4 is 17.6 Å². The van der Waals surface area contributed by atoms with Crippen molar-refractivity contribution in [1.29, 1.82) is 0 Å². The average Bonchev–Trinajstić information content (AvgIpc) is 2.82. The maximum absolute atomic E-state index is 12.8. The Morgan fingerprint density at radius 1 is 0.774 bits per heavy atom. The molecule has 0 radical (unpaired) electrons. The minimum Gasteiger partial charge on any atom is -0.497 e. The van der Waals surface area contributed by atoms with Gasteiger partial charge >= 0.3 is 11.9 Å². The Morgan fingerprint density at radius 3 is 1.77 bits per heavy atom. The molecule has 0 bridgehead atoms. The van der Waals surface area contributed by atoms with Gasteiger partial charge in [0.1, 0.15) is 17.2 Å². The van der Waals surface area contributed by atoms with Gasteiger partial charge in [0.25, 0.3) is 0 Å². The molecule has 31 heavy (non-hydrogen) atoms. The van der Waals surface area contributed by atoms with Crippen LogP contribution in [0.2, 0.25) is 0 Å². The Morgan fingerprint density at radius 2 is 1.29 bits per heavy atom. The normalized spacial score (nSPS) is 15.8. The number of carbonyl (C=O) groups is 2. The summed E-state index contributed by atoms with van der Waals surface area (Å²) in [5.74, 6) is -0.122. The topological polar surface area (TPSA) is 74.3 Å². The van der Waals surface area contributed by atoms with E-state index in [2.05, 4.69) is 0 Å². The molecule has 1 aliphatic heterocycles. The molecule has 1 atom stereocenters. The van der Waals surface area contributed by atoms with E-state index >= 15 is 0 Å². The van der Waals surface area contributed by atoms with Gasteiger partial charge in [-0.05, 0) is 55.0 Å². The molecule has 7 nitrogen and oxygen atoms in total. The molecule has 0 fully saturated rings. The first kappa shape index (κ1) is 22.0. The fourth-order valence-electron chi connectivity index (χ4n) is 3.63. The SMILES string of the molecule is COC(=O)C1=CC(c2ccc(OC)cc2)C(C(=O)OC)=C(C)N1c1ccc(OC)cc1. The third-order valence-corrected chi connectivity index (χ3v) is 5.21. The van der Waals surface area contributed by atoms with E-state index in [-0.39, 0.29) is 0 Å². The summed E-state index contributed by atoms with van der Waals surface area (Å²) < 4.78 is 20.6. The van der Waals surface area contributed by atoms with Crippen LogP contribution in [0.25, 0.3) is 0 Å². The number of carbonyl (C=O) groups excluding carboxylic acids is 2. The summed E-state index contributed by atoms with van der Waals surface area (Å²) in [5.41, 5.74) is 2.80. The van der Waals surface area contributed by atoms with Gasteiger partial charge < -0.3 is 23.8 Å². The molecule has 0 aliphatic carbocycles. The molecule has 162 valence electrons. The minimum absolute atomic E-state index is 0.304. The van der Waals surface area contributed by atoms with Gasteiger partial charge in [-0.15, -0.1) is 0 Å². The van der Waals surface area contributed by atoms with Crippen molar-refractivity contribution in [3.63, 3.8) is 0 Å². The van der Waals surface area contributed by atoms with E-state index in [1.54, 1.807) is 56.4 Å². The fraction of sp³-hybridized carbons (Fsp3) is 0.250. The number of benzene rings is 2. The van der Waals surface area contributed by atoms with Crippen molar-refractivity contribution in [1.82, 2.24) is 0 Å². The molecule has 0 saturated heterocycles. The van der Waals surface area contributed by atoms with E-state index in [9.17, 15) is 9.59 Å². The minimum atomic E-state index is -0.516. The van der Waals surface area contributed by atoms with Crippen molar-refractivity contribution in [3.05, 3.63) is 77.1 Å². The van der Waals surface area contributed by atoms with Gasteiger partial charge in [0.05, 0.1) is 34.0 Å². The molecule has 0 saturated carbocycles. The van der Waals surface area contributed by atoms with Crippen LogP contribution in [0, 0.1) is 0 Å². The highest BCUT2D eigenvalue weighted by Gasteiger charge is 2.36. The van der Waals surface area contributed by atoms with Crippen LogP contribution in [-0.4, -0.2) is 40.4 Å². The van der Waals surface area contributed by atoms with Crippen LogP contribution in [0.1, 0.15) is 18.4 Å². The van der Waals surface area contributed by atoms with Crippen LogP contribution in [0.5, 0.6) is 11.5 Å². The van der Waals surface area contributed by atoms with Crippen molar-refractivity contribution in [2.24, 2.45) is 0 Å². The summed E-state index contributed by atoms with van der Waals surface area (Å²) in [5, 5.41) is 0. The van der Waals surface area contributed by atoms with Gasteiger partial charge in [-0.1, -0.05) is 12.1 Å². The summed E-state index contributed by atoms with van der Waals surface area (Å²) in [4.78, 5) is 27.2. The number of hydrogen-bond donors (Lipinski definition) is 0. The first-order chi connectivity index (χ1) is 14.9. The average molecular weight is 423 g/mol. The molecular weight excluding hydrogens is 398 g/mol. The van der Waals surface area contributed by atoms with E-state index in [1.165, 1.54) is 14.2 Å². The third-order valence-electron chi connectivity index (χ3n) is 5.21. The van der Waals surface area contributed by atoms with Crippen molar-refractivity contribution in [3.8, 4) is 11.5 Å². The van der Waals surface area contributed by atoms with Crippen LogP contribution in [-0.2, 0) is 19.1 Å². The first-order valence-corrected chi connectivity index (χ1v) is 9.62. The Bertz CT molecular complexity index is 1020. The molecule has 1 unspecified atom stereocenters. The number of rotatable bonds is 6. The smallest absolute Gasteiger partial charge is 0.354 e. The lowest BCUT2D eigenvalue weighted by atomic mass is 9.85. The standard InChI is InChI=1S/C24H25NO6/c1-15-22(24(27)31-5)20(16-6-10-18(28-2)11-7-16)14-21(23(26)30-4)25(15)17-8-12-19(29-3)13-9-17/h6-14,20H,1-5H3. The third kappa shape index (κ3) is 4.26. The molecule has 0 N–H and O–H groups in total. The van der Waals surface area contributed by atoms with Crippen molar-refractivity contribution in [2.75, 3.05) is 33.3 Å². The molecule has 1 heterocycles. The van der Waals surface area contributed by atoms with Crippen LogP contribution in [0.15, 0.2) is 71.6 Å². The summed E-state index contributed by atoms with van der Waals surface area (Å²) in [7, 11) is 5.83. The molecule has 7 heteroatoms. The number of methoxy groups -OCH3 is 4. The first-order valence-electron chi connectivity index (χ1n) is 9.62. The molecule has 2 aromatic carbocycles. The van der Waals surface area contributed by atoms with Crippen LogP contribution >= 0.6 is 0 Å². The zero-order valence-corrected chi connectivity index (χ0v) is 18.2. The van der Waals surface area contributed by atoms with Crippen LogP contribution < -0.4 is 14.4 Å². The second kappa shape index (κ2) is 9.38. The zero-order valence-electron chi connectivity index (χ0n) is 18.2. The molecule has 2 aromatic rings. The van der Waals surface area contributed by atoms with Gasteiger partial charge in [-0.25, -0.2) is 9.59 Å². The molecular formula is C24H25NO6. The number of anilines is 1. The molecule has 0 amide bonds. The maximum atomic E-state index is 12.8. The van der Waals surface area contributed by atoms with Crippen LogP contribution in [0.3, 0.4) is 0 Å². The monoisotopic (exact) mass is 423 g/mol. The lowest BCUT2D eigenvalue weighted by molar-refractivity contribution is -0.137. The van der Waals surface area contributed by atoms with Gasteiger partial charge in [-0.2, -0.15) is 0 Å². The van der Waals surface area contributed by atoms with E-state index in [1.807, 2.05) is 24.3 Å². The summed E-state index contributed by atoms with van der Waals surface area (Å²) in [6, 6.07) is 14.5. The van der Waals surface area contributed by atoms with Gasteiger partial charge in [0.15, 0.2) is 0 Å². The predicted molar refractivity (Wildman–Crippen MR) is 116 cm³/mol. The second-order valence-electron chi connectivity index (χ2n) is 6.82. The Kier molecular flexibility index (Phi) is 6.65. The van der Waals surface area contributed by atoms with E-state index in [0.29, 0.717) is 34.2 Å². The summed E-state index contributed by atoms with van der Waals surface area (Å²) in [6.45, 7) is 1.78. The number of allylic oxidation sites excluding steroid dienone is 2. The van der Waals surface area contributed by atoms with Crippen LogP contribution in [0.4, 0.5) is 5.69 Å². The van der Waals surface area contributed by atoms with E-state index < -0.39 is 17.9 Å². The molecule has 0 aromatic heterocycles. The predicted octanol–water partition coefficient (Wildman–Crippen LogP) is 3.81. The summed E-state index contributed by atoms with van der Waals surface area (Å²) >= 11 is 0. The van der Waals surface area contributed by atoms with E-state index in [0.717, 1.165) is 5.56 Å². The van der Waals surface area contributed by atoms with Gasteiger partial charge in [0, 0.05) is 17.3 Å². The molecule has 1 aliphatic rings. The van der Waals surface area contributed by atoms with Gasteiger partial charge in [-0.3, -0.25) is 0 Å². The van der Waals surface area contributed by atoms with Crippen molar-refractivity contribution < 1.29 is 28.5 Å². The lowest BCUT2D eigenvalue weighted by Crippen LogP contribution is -2.34. The number of ether oxygens (including phenoxy) is 4. The molecule has 0 spiro atoms. The number of nitrogens with zero attached hydrogens (tertiary/aromatic N) is 1. The quantitative estimate of drug-likeness (QED) is 0.654. The zero-order chi connectivity index (χ0) is 22.5. The number of hydrogen-bond acceptors (Lipinski definition) is 7.